The Morgan fingerprint density at radius 3 is 2.29 bits per heavy atom. The van der Waals surface area contributed by atoms with Crippen LogP contribution in [0, 0.1) is 17.5 Å². The lowest BCUT2D eigenvalue weighted by Gasteiger charge is -2.37. The number of methoxy groups -OCH3 is 1. The van der Waals surface area contributed by atoms with Gasteiger partial charge in [0.15, 0.2) is 17.5 Å². The molecule has 0 saturated carbocycles. The van der Waals surface area contributed by atoms with Crippen LogP contribution in [0.5, 0.6) is 11.5 Å². The van der Waals surface area contributed by atoms with E-state index in [2.05, 4.69) is 15.5 Å². The van der Waals surface area contributed by atoms with Crippen LogP contribution >= 0.6 is 0 Å². The second-order valence-corrected chi connectivity index (χ2v) is 8.07. The lowest BCUT2D eigenvalue weighted by Crippen LogP contribution is -2.54. The first-order valence-corrected chi connectivity index (χ1v) is 11.2. The number of rotatable bonds is 10. The first-order chi connectivity index (χ1) is 16.8. The maximum Gasteiger partial charge on any atom is 0.243 e. The van der Waals surface area contributed by atoms with Gasteiger partial charge in [0.1, 0.15) is 18.1 Å². The highest BCUT2D eigenvalue weighted by atomic mass is 19.2. The van der Waals surface area contributed by atoms with Gasteiger partial charge in [-0.2, -0.15) is 0 Å². The third-order valence-corrected chi connectivity index (χ3v) is 5.80. The minimum Gasteiger partial charge on any atom is -0.497 e. The summed E-state index contributed by atoms with van der Waals surface area (Å²) >= 11 is 0. The van der Waals surface area contributed by atoms with Crippen LogP contribution in [0.3, 0.4) is 0 Å². The van der Waals surface area contributed by atoms with Crippen molar-refractivity contribution in [2.45, 2.75) is 13.0 Å². The van der Waals surface area contributed by atoms with E-state index < -0.39 is 41.6 Å². The first-order valence-electron chi connectivity index (χ1n) is 11.2. The molecule has 0 aromatic heterocycles. The maximum absolute atomic E-state index is 13.7. The molecule has 1 saturated heterocycles. The molecule has 2 N–H and O–H groups in total. The van der Waals surface area contributed by atoms with Crippen LogP contribution in [0.4, 0.5) is 18.9 Å². The van der Waals surface area contributed by atoms with Gasteiger partial charge in [-0.3, -0.25) is 19.4 Å². The first kappa shape index (κ1) is 26.3. The number of hydrogen-bond acceptors (Lipinski definition) is 6. The molecule has 190 valence electrons. The van der Waals surface area contributed by atoms with Crippen LogP contribution in [-0.4, -0.2) is 80.6 Å². The number of anilines is 1. The minimum atomic E-state index is -1.67. The van der Waals surface area contributed by atoms with Crippen LogP contribution < -0.4 is 20.1 Å². The maximum atomic E-state index is 13.7. The van der Waals surface area contributed by atoms with E-state index in [1.165, 1.54) is 0 Å². The average Bonchev–Trinajstić information content (AvgIpc) is 2.88. The van der Waals surface area contributed by atoms with E-state index in [4.69, 9.17) is 9.47 Å². The van der Waals surface area contributed by atoms with Crippen molar-refractivity contribution in [1.82, 2.24) is 15.1 Å². The van der Waals surface area contributed by atoms with Crippen molar-refractivity contribution in [1.29, 1.82) is 0 Å². The number of halogens is 3. The smallest absolute Gasteiger partial charge is 0.243 e. The molecule has 3 rings (SSSR count). The fourth-order valence-corrected chi connectivity index (χ4v) is 3.64. The summed E-state index contributed by atoms with van der Waals surface area (Å²) in [6, 6.07) is 8.53. The number of piperazine rings is 1. The standard InChI is InChI=1S/C24H29F3N4O4/c1-16(24(33)28-15-21(32)29-20-8-7-19(25)22(26)23(20)27)31-11-9-30(10-12-31)13-14-35-18-5-3-17(34-2)4-6-18/h3-8,16H,9-15H2,1-2H3,(H,28,33)(H,29,32)/t16-/m1/s1. The van der Waals surface area contributed by atoms with E-state index in [1.54, 1.807) is 14.0 Å². The summed E-state index contributed by atoms with van der Waals surface area (Å²) in [5.74, 6) is -4.10. The van der Waals surface area contributed by atoms with Crippen molar-refractivity contribution in [3.8, 4) is 11.5 Å². The molecule has 1 fully saturated rings. The second kappa shape index (κ2) is 12.4. The SMILES string of the molecule is COc1ccc(OCCN2CCN([C@H](C)C(=O)NCC(=O)Nc3ccc(F)c(F)c3F)CC2)cc1. The highest BCUT2D eigenvalue weighted by molar-refractivity contribution is 5.95. The molecule has 0 spiro atoms. The molecule has 0 bridgehead atoms. The lowest BCUT2D eigenvalue weighted by atomic mass is 10.2. The molecule has 1 atom stereocenters. The summed E-state index contributed by atoms with van der Waals surface area (Å²) in [5, 5.41) is 4.61. The van der Waals surface area contributed by atoms with Crippen molar-refractivity contribution < 1.29 is 32.2 Å². The summed E-state index contributed by atoms with van der Waals surface area (Å²) in [6.07, 6.45) is 0. The van der Waals surface area contributed by atoms with Crippen LogP contribution in [0.1, 0.15) is 6.92 Å². The molecule has 1 aliphatic rings. The highest BCUT2D eigenvalue weighted by Gasteiger charge is 2.26. The number of hydrogen-bond donors (Lipinski definition) is 2. The monoisotopic (exact) mass is 494 g/mol. The summed E-state index contributed by atoms with van der Waals surface area (Å²) in [6.45, 7) is 5.47. The van der Waals surface area contributed by atoms with Gasteiger partial charge in [-0.25, -0.2) is 13.2 Å². The Hall–Kier alpha value is -3.31. The van der Waals surface area contributed by atoms with Gasteiger partial charge in [0.25, 0.3) is 0 Å². The predicted molar refractivity (Wildman–Crippen MR) is 124 cm³/mol. The second-order valence-electron chi connectivity index (χ2n) is 8.07. The summed E-state index contributed by atoms with van der Waals surface area (Å²) in [4.78, 5) is 28.7. The quantitative estimate of drug-likeness (QED) is 0.493. The van der Waals surface area contributed by atoms with Crippen LogP contribution in [0.25, 0.3) is 0 Å². The van der Waals surface area contributed by atoms with E-state index in [9.17, 15) is 22.8 Å². The zero-order valence-corrected chi connectivity index (χ0v) is 19.7. The Labute approximate surface area is 202 Å². The van der Waals surface area contributed by atoms with Crippen molar-refractivity contribution in [2.75, 3.05) is 58.3 Å². The number of benzene rings is 2. The lowest BCUT2D eigenvalue weighted by molar-refractivity contribution is -0.128. The number of nitrogens with one attached hydrogen (secondary N) is 2. The molecule has 2 aromatic carbocycles. The zero-order chi connectivity index (χ0) is 25.4. The molecule has 0 aliphatic carbocycles. The predicted octanol–water partition coefficient (Wildman–Crippen LogP) is 2.25. The largest absolute Gasteiger partial charge is 0.497 e. The van der Waals surface area contributed by atoms with Crippen molar-refractivity contribution in [3.05, 3.63) is 53.8 Å². The fourth-order valence-electron chi connectivity index (χ4n) is 3.64. The van der Waals surface area contributed by atoms with E-state index in [0.29, 0.717) is 25.8 Å². The minimum absolute atomic E-state index is 0.359. The topological polar surface area (TPSA) is 83.1 Å². The Balaban J connectivity index is 1.35. The number of ether oxygens (including phenoxy) is 2. The van der Waals surface area contributed by atoms with Crippen molar-refractivity contribution in [3.63, 3.8) is 0 Å². The van der Waals surface area contributed by atoms with Gasteiger partial charge in [-0.05, 0) is 43.3 Å². The van der Waals surface area contributed by atoms with E-state index in [-0.39, 0.29) is 5.91 Å². The molecule has 0 unspecified atom stereocenters. The Bertz CT molecular complexity index is 1010. The van der Waals surface area contributed by atoms with E-state index >= 15 is 0 Å². The average molecular weight is 495 g/mol. The molecular weight excluding hydrogens is 465 g/mol. The van der Waals surface area contributed by atoms with Crippen LogP contribution in [0.2, 0.25) is 0 Å². The highest BCUT2D eigenvalue weighted by Crippen LogP contribution is 2.19. The molecule has 11 heteroatoms. The fraction of sp³-hybridized carbons (Fsp3) is 0.417. The zero-order valence-electron chi connectivity index (χ0n) is 19.7. The molecule has 2 amide bonds. The van der Waals surface area contributed by atoms with Crippen LogP contribution in [-0.2, 0) is 9.59 Å². The number of carbonyl (C=O) groups is 2. The Kier molecular flexibility index (Phi) is 9.32. The Morgan fingerprint density at radius 1 is 0.971 bits per heavy atom. The van der Waals surface area contributed by atoms with Gasteiger partial charge in [0.05, 0.1) is 25.4 Å². The van der Waals surface area contributed by atoms with Gasteiger partial charge in [0, 0.05) is 32.7 Å². The molecule has 2 aromatic rings. The van der Waals surface area contributed by atoms with E-state index in [1.807, 2.05) is 29.2 Å². The molecule has 0 radical (unpaired) electrons. The van der Waals surface area contributed by atoms with Crippen LogP contribution in [0.15, 0.2) is 36.4 Å². The third-order valence-electron chi connectivity index (χ3n) is 5.80. The molecule has 8 nitrogen and oxygen atoms in total. The van der Waals surface area contributed by atoms with E-state index in [0.717, 1.165) is 37.2 Å². The van der Waals surface area contributed by atoms with Gasteiger partial charge >= 0.3 is 0 Å². The van der Waals surface area contributed by atoms with Gasteiger partial charge in [-0.15, -0.1) is 0 Å². The molecule has 1 heterocycles. The van der Waals surface area contributed by atoms with Crippen molar-refractivity contribution in [2.24, 2.45) is 0 Å². The normalized spacial score (nSPS) is 15.3. The molecule has 35 heavy (non-hydrogen) atoms. The molecule has 1 aliphatic heterocycles. The summed E-state index contributed by atoms with van der Waals surface area (Å²) in [5.41, 5.74) is -0.497. The number of nitrogens with zero attached hydrogens (tertiary/aromatic N) is 2. The number of carbonyl (C=O) groups excluding carboxylic acids is 2. The molecular formula is C24H29F3N4O4. The van der Waals surface area contributed by atoms with Gasteiger partial charge < -0.3 is 20.1 Å². The van der Waals surface area contributed by atoms with Gasteiger partial charge in [0.2, 0.25) is 11.8 Å². The summed E-state index contributed by atoms with van der Waals surface area (Å²) < 4.78 is 50.8. The third kappa shape index (κ3) is 7.33. The Morgan fingerprint density at radius 2 is 1.63 bits per heavy atom. The number of amides is 2. The summed E-state index contributed by atoms with van der Waals surface area (Å²) in [7, 11) is 1.61. The van der Waals surface area contributed by atoms with Crippen molar-refractivity contribution >= 4 is 17.5 Å². The van der Waals surface area contributed by atoms with Gasteiger partial charge in [-0.1, -0.05) is 0 Å².